The Morgan fingerprint density at radius 2 is 1.20 bits per heavy atom. The standard InChI is InChI=1S/C24H26O6/c1-18(2)22(25)29-24(30-23(26)19(3)4,17-28-21-13-9-6-10-14-21)15-16-27-20-11-7-5-8-12-20/h5-14H,1,3,15-17H2,2,4H3. The van der Waals surface area contributed by atoms with Crippen molar-refractivity contribution in [3.8, 4) is 11.5 Å². The molecule has 158 valence electrons. The molecule has 0 fully saturated rings. The van der Waals surface area contributed by atoms with Crippen molar-refractivity contribution in [1.82, 2.24) is 0 Å². The molecule has 0 spiro atoms. The average molecular weight is 410 g/mol. The van der Waals surface area contributed by atoms with Gasteiger partial charge in [-0.05, 0) is 38.1 Å². The molecule has 0 aliphatic carbocycles. The molecular weight excluding hydrogens is 384 g/mol. The summed E-state index contributed by atoms with van der Waals surface area (Å²) in [6, 6.07) is 18.1. The van der Waals surface area contributed by atoms with Crippen LogP contribution in [0, 0.1) is 0 Å². The largest absolute Gasteiger partial charge is 0.493 e. The zero-order valence-corrected chi connectivity index (χ0v) is 17.3. The van der Waals surface area contributed by atoms with E-state index in [1.807, 2.05) is 24.3 Å². The number of hydrogen-bond acceptors (Lipinski definition) is 6. The van der Waals surface area contributed by atoms with Gasteiger partial charge in [-0.15, -0.1) is 0 Å². The smallest absolute Gasteiger partial charge is 0.336 e. The first-order valence-corrected chi connectivity index (χ1v) is 9.45. The van der Waals surface area contributed by atoms with Crippen molar-refractivity contribution in [1.29, 1.82) is 0 Å². The molecule has 6 heteroatoms. The van der Waals surface area contributed by atoms with Crippen LogP contribution < -0.4 is 9.47 Å². The van der Waals surface area contributed by atoms with Crippen LogP contribution in [0.5, 0.6) is 11.5 Å². The summed E-state index contributed by atoms with van der Waals surface area (Å²) < 4.78 is 22.6. The van der Waals surface area contributed by atoms with Gasteiger partial charge >= 0.3 is 11.9 Å². The minimum Gasteiger partial charge on any atom is -0.493 e. The Morgan fingerprint density at radius 3 is 1.63 bits per heavy atom. The predicted molar refractivity (Wildman–Crippen MR) is 113 cm³/mol. The molecule has 2 aromatic rings. The summed E-state index contributed by atoms with van der Waals surface area (Å²) in [7, 11) is 0. The molecule has 0 N–H and O–H groups in total. The van der Waals surface area contributed by atoms with Crippen molar-refractivity contribution in [2.75, 3.05) is 13.2 Å². The van der Waals surface area contributed by atoms with E-state index in [1.165, 1.54) is 13.8 Å². The zero-order valence-electron chi connectivity index (χ0n) is 17.3. The van der Waals surface area contributed by atoms with Crippen molar-refractivity contribution >= 4 is 11.9 Å². The van der Waals surface area contributed by atoms with Crippen LogP contribution in [0.1, 0.15) is 20.3 Å². The number of carbonyl (C=O) groups is 2. The maximum Gasteiger partial charge on any atom is 0.336 e. The molecule has 0 bridgehead atoms. The molecule has 0 atom stereocenters. The lowest BCUT2D eigenvalue weighted by Crippen LogP contribution is -2.47. The van der Waals surface area contributed by atoms with Gasteiger partial charge in [-0.25, -0.2) is 9.59 Å². The minimum atomic E-state index is -1.73. The molecule has 0 saturated carbocycles. The van der Waals surface area contributed by atoms with Crippen LogP contribution in [-0.4, -0.2) is 30.9 Å². The molecule has 0 amide bonds. The van der Waals surface area contributed by atoms with Crippen LogP contribution in [0.15, 0.2) is 85.0 Å². The predicted octanol–water partition coefficient (Wildman–Crippen LogP) is 4.47. The second-order valence-corrected chi connectivity index (χ2v) is 6.76. The van der Waals surface area contributed by atoms with Gasteiger partial charge < -0.3 is 18.9 Å². The molecule has 0 aliphatic rings. The second-order valence-electron chi connectivity index (χ2n) is 6.76. The monoisotopic (exact) mass is 410 g/mol. The molecule has 0 unspecified atom stereocenters. The topological polar surface area (TPSA) is 71.1 Å². The Bertz CT molecular complexity index is 845. The normalized spacial score (nSPS) is 10.6. The molecule has 0 saturated heterocycles. The molecule has 0 aromatic heterocycles. The molecule has 2 aromatic carbocycles. The van der Waals surface area contributed by atoms with Crippen LogP contribution in [0.4, 0.5) is 0 Å². The average Bonchev–Trinajstić information content (AvgIpc) is 2.73. The Labute approximate surface area is 176 Å². The van der Waals surface area contributed by atoms with Crippen molar-refractivity contribution in [2.24, 2.45) is 0 Å². The summed E-state index contributed by atoms with van der Waals surface area (Å²) >= 11 is 0. The van der Waals surface area contributed by atoms with E-state index in [0.717, 1.165) is 0 Å². The summed E-state index contributed by atoms with van der Waals surface area (Å²) in [4.78, 5) is 24.6. The van der Waals surface area contributed by atoms with Crippen LogP contribution >= 0.6 is 0 Å². The summed E-state index contributed by atoms with van der Waals surface area (Å²) in [5.74, 6) is -1.98. The van der Waals surface area contributed by atoms with Crippen LogP contribution in [0.2, 0.25) is 0 Å². The Morgan fingerprint density at radius 1 is 0.767 bits per heavy atom. The first kappa shape index (κ1) is 22.7. The van der Waals surface area contributed by atoms with Gasteiger partial charge in [0, 0.05) is 11.1 Å². The van der Waals surface area contributed by atoms with Gasteiger partial charge in [0.2, 0.25) is 0 Å². The first-order chi connectivity index (χ1) is 14.3. The number of rotatable bonds is 11. The molecular formula is C24H26O6. The van der Waals surface area contributed by atoms with E-state index in [4.69, 9.17) is 18.9 Å². The summed E-state index contributed by atoms with van der Waals surface area (Å²) in [6.07, 6.45) is 0.0345. The number of benzene rings is 2. The fourth-order valence-electron chi connectivity index (χ4n) is 2.32. The molecule has 30 heavy (non-hydrogen) atoms. The van der Waals surface area contributed by atoms with Crippen LogP contribution in [0.3, 0.4) is 0 Å². The Balaban J connectivity index is 2.24. The lowest BCUT2D eigenvalue weighted by molar-refractivity contribution is -0.237. The van der Waals surface area contributed by atoms with Gasteiger partial charge in [0.1, 0.15) is 11.5 Å². The summed E-state index contributed by atoms with van der Waals surface area (Å²) in [6.45, 7) is 10.1. The van der Waals surface area contributed by atoms with Crippen molar-refractivity contribution in [3.63, 3.8) is 0 Å². The minimum absolute atomic E-state index is 0.0345. The van der Waals surface area contributed by atoms with Gasteiger partial charge in [0.25, 0.3) is 5.79 Å². The SMILES string of the molecule is C=C(C)C(=O)OC(CCOc1ccccc1)(COc1ccccc1)OC(=O)C(=C)C. The fraction of sp³-hybridized carbons (Fsp3) is 0.250. The van der Waals surface area contributed by atoms with Gasteiger partial charge in [0.05, 0.1) is 13.0 Å². The van der Waals surface area contributed by atoms with E-state index < -0.39 is 17.7 Å². The van der Waals surface area contributed by atoms with Crippen molar-refractivity contribution in [2.45, 2.75) is 26.1 Å². The molecule has 2 rings (SSSR count). The van der Waals surface area contributed by atoms with Gasteiger partial charge in [-0.1, -0.05) is 49.6 Å². The highest BCUT2D eigenvalue weighted by Crippen LogP contribution is 2.25. The van der Waals surface area contributed by atoms with E-state index in [9.17, 15) is 9.59 Å². The lowest BCUT2D eigenvalue weighted by atomic mass is 10.2. The third-order valence-electron chi connectivity index (χ3n) is 3.95. The highest BCUT2D eigenvalue weighted by Gasteiger charge is 2.40. The quantitative estimate of drug-likeness (QED) is 0.309. The van der Waals surface area contributed by atoms with Crippen LogP contribution in [0.25, 0.3) is 0 Å². The molecule has 0 heterocycles. The van der Waals surface area contributed by atoms with E-state index >= 15 is 0 Å². The third-order valence-corrected chi connectivity index (χ3v) is 3.95. The number of hydrogen-bond donors (Lipinski definition) is 0. The van der Waals surface area contributed by atoms with Crippen molar-refractivity contribution in [3.05, 3.63) is 85.0 Å². The van der Waals surface area contributed by atoms with E-state index in [-0.39, 0.29) is 30.8 Å². The van der Waals surface area contributed by atoms with E-state index in [2.05, 4.69) is 13.2 Å². The van der Waals surface area contributed by atoms with Crippen molar-refractivity contribution < 1.29 is 28.5 Å². The highest BCUT2D eigenvalue weighted by molar-refractivity contribution is 5.89. The van der Waals surface area contributed by atoms with E-state index in [0.29, 0.717) is 11.5 Å². The molecule has 6 nitrogen and oxygen atoms in total. The molecule has 0 aliphatic heterocycles. The maximum absolute atomic E-state index is 12.3. The number of carbonyl (C=O) groups excluding carboxylic acids is 2. The lowest BCUT2D eigenvalue weighted by Gasteiger charge is -2.32. The summed E-state index contributed by atoms with van der Waals surface area (Å²) in [5.41, 5.74) is 0.323. The van der Waals surface area contributed by atoms with Gasteiger partial charge in [-0.2, -0.15) is 0 Å². The van der Waals surface area contributed by atoms with Gasteiger partial charge in [0.15, 0.2) is 6.61 Å². The molecule has 0 radical (unpaired) electrons. The Hall–Kier alpha value is -3.54. The first-order valence-electron chi connectivity index (χ1n) is 9.45. The number of para-hydroxylation sites is 2. The third kappa shape index (κ3) is 7.13. The van der Waals surface area contributed by atoms with Crippen LogP contribution in [-0.2, 0) is 19.1 Å². The fourth-order valence-corrected chi connectivity index (χ4v) is 2.32. The Kier molecular flexibility index (Phi) is 8.23. The number of esters is 2. The van der Waals surface area contributed by atoms with Gasteiger partial charge in [-0.3, -0.25) is 0 Å². The maximum atomic E-state index is 12.3. The highest BCUT2D eigenvalue weighted by atomic mass is 16.7. The number of ether oxygens (including phenoxy) is 4. The summed E-state index contributed by atoms with van der Waals surface area (Å²) in [5, 5.41) is 0. The zero-order chi connectivity index (χ0) is 22.0. The van der Waals surface area contributed by atoms with E-state index in [1.54, 1.807) is 36.4 Å². The second kappa shape index (κ2) is 10.9.